The molecule has 3 heterocycles. The van der Waals surface area contributed by atoms with E-state index in [1.165, 1.54) is 25.0 Å². The molecule has 7 nitrogen and oxygen atoms in total. The molecule has 5 unspecified atom stereocenters. The molecule has 0 aromatic heterocycles. The van der Waals surface area contributed by atoms with Crippen LogP contribution in [0.3, 0.4) is 0 Å². The summed E-state index contributed by atoms with van der Waals surface area (Å²) in [6.07, 6.45) is 8.51. The minimum absolute atomic E-state index is 0.221. The number of halogens is 3. The summed E-state index contributed by atoms with van der Waals surface area (Å²) in [5.74, 6) is 3.44. The van der Waals surface area contributed by atoms with Crippen molar-refractivity contribution in [2.75, 3.05) is 76.1 Å². The molecule has 5 atom stereocenters. The van der Waals surface area contributed by atoms with E-state index in [1.807, 2.05) is 0 Å². The zero-order valence-electron chi connectivity index (χ0n) is 38.5. The quantitative estimate of drug-likeness (QED) is 0.124. The van der Waals surface area contributed by atoms with Gasteiger partial charge in [-0.05, 0) is 126 Å². The van der Waals surface area contributed by atoms with Gasteiger partial charge in [0.1, 0.15) is 17.2 Å². The number of benzene rings is 5. The first-order valence-corrected chi connectivity index (χ1v) is 24.5. The van der Waals surface area contributed by atoms with Gasteiger partial charge in [0, 0.05) is 59.4 Å². The van der Waals surface area contributed by atoms with Gasteiger partial charge in [-0.2, -0.15) is 13.2 Å². The minimum Gasteiger partial charge on any atom is -0.495 e. The average molecular weight is 899 g/mol. The number of hydrogen-bond donors (Lipinski definition) is 0. The Morgan fingerprint density at radius 3 is 2.17 bits per heavy atom. The SMILES string of the molecule is CCCCC(CC)COc1ccc(C2(c3ccc(N4CCOCC4)cc3)C=Cc3c4c(c5cc(N6CCOCC6)c(OC)cc5c3O2)-c2ccc(C(F)(F)F)cc2C42CC3CCC2C3)cc1. The Labute approximate surface area is 386 Å². The van der Waals surface area contributed by atoms with Gasteiger partial charge in [-0.25, -0.2) is 0 Å². The number of unbranched alkanes of at least 4 members (excludes halogenated alkanes) is 1. The van der Waals surface area contributed by atoms with Crippen LogP contribution < -0.4 is 24.0 Å². The molecule has 1 spiro atoms. The zero-order valence-corrected chi connectivity index (χ0v) is 38.5. The molecule has 4 fully saturated rings. The first-order valence-electron chi connectivity index (χ1n) is 24.5. The van der Waals surface area contributed by atoms with Gasteiger partial charge in [0.15, 0.2) is 5.60 Å². The predicted octanol–water partition coefficient (Wildman–Crippen LogP) is 12.6. The summed E-state index contributed by atoms with van der Waals surface area (Å²) < 4.78 is 76.2. The van der Waals surface area contributed by atoms with E-state index in [4.69, 9.17) is 23.7 Å². The number of rotatable bonds is 12. The molecule has 11 rings (SSSR count). The van der Waals surface area contributed by atoms with E-state index in [9.17, 15) is 13.2 Å². The molecule has 3 aliphatic heterocycles. The van der Waals surface area contributed by atoms with E-state index in [-0.39, 0.29) is 5.92 Å². The lowest BCUT2D eigenvalue weighted by Gasteiger charge is -2.41. The van der Waals surface area contributed by atoms with E-state index in [0.717, 1.165) is 130 Å². The molecule has 5 aromatic rings. The lowest BCUT2D eigenvalue weighted by molar-refractivity contribution is -0.137. The number of methoxy groups -OCH3 is 1. The lowest BCUT2D eigenvalue weighted by Crippen LogP contribution is -2.37. The minimum atomic E-state index is -4.46. The summed E-state index contributed by atoms with van der Waals surface area (Å²) in [5, 5.41) is 1.84. The highest BCUT2D eigenvalue weighted by Crippen LogP contribution is 2.69. The third-order valence-electron chi connectivity index (χ3n) is 16.1. The van der Waals surface area contributed by atoms with Crippen molar-refractivity contribution >= 4 is 28.2 Å². The fourth-order valence-corrected chi connectivity index (χ4v) is 12.7. The number of ether oxygens (including phenoxy) is 5. The number of fused-ring (bicyclic) bond motifs is 13. The molecule has 10 heteroatoms. The predicted molar refractivity (Wildman–Crippen MR) is 255 cm³/mol. The maximum atomic E-state index is 14.7. The molecule has 66 heavy (non-hydrogen) atoms. The van der Waals surface area contributed by atoms with E-state index < -0.39 is 22.8 Å². The van der Waals surface area contributed by atoms with Crippen LogP contribution in [0.15, 0.2) is 84.9 Å². The fraction of sp³-hybridized carbons (Fsp3) is 0.464. The first kappa shape index (κ1) is 43.4. The zero-order chi connectivity index (χ0) is 45.2. The van der Waals surface area contributed by atoms with Gasteiger partial charge in [0.25, 0.3) is 0 Å². The maximum absolute atomic E-state index is 14.7. The Hall–Kier alpha value is -5.19. The smallest absolute Gasteiger partial charge is 0.416 e. The number of hydrogen-bond acceptors (Lipinski definition) is 7. The second kappa shape index (κ2) is 17.2. The van der Waals surface area contributed by atoms with E-state index in [2.05, 4.69) is 96.5 Å². The van der Waals surface area contributed by atoms with Crippen LogP contribution >= 0.6 is 0 Å². The number of anilines is 2. The van der Waals surface area contributed by atoms with E-state index >= 15 is 0 Å². The Kier molecular flexibility index (Phi) is 11.3. The third kappa shape index (κ3) is 7.15. The van der Waals surface area contributed by atoms with Crippen molar-refractivity contribution in [2.45, 2.75) is 82.4 Å². The van der Waals surface area contributed by atoms with Crippen LogP contribution in [0.4, 0.5) is 24.5 Å². The van der Waals surface area contributed by atoms with Crippen molar-refractivity contribution in [3.8, 4) is 28.4 Å². The van der Waals surface area contributed by atoms with Crippen molar-refractivity contribution in [1.82, 2.24) is 0 Å². The molecular formula is C56H61F3N2O5. The molecule has 0 N–H and O–H groups in total. The van der Waals surface area contributed by atoms with Crippen molar-refractivity contribution in [2.24, 2.45) is 17.8 Å². The topological polar surface area (TPSA) is 52.6 Å². The van der Waals surface area contributed by atoms with Crippen LogP contribution in [-0.2, 0) is 26.7 Å². The van der Waals surface area contributed by atoms with Gasteiger partial charge >= 0.3 is 6.18 Å². The molecule has 2 saturated heterocycles. The number of morpholine rings is 2. The summed E-state index contributed by atoms with van der Waals surface area (Å²) in [4.78, 5) is 4.66. The largest absolute Gasteiger partial charge is 0.495 e. The van der Waals surface area contributed by atoms with Gasteiger partial charge < -0.3 is 33.5 Å². The normalized spacial score (nSPS) is 24.6. The highest BCUT2D eigenvalue weighted by Gasteiger charge is 2.59. The van der Waals surface area contributed by atoms with Gasteiger partial charge in [-0.3, -0.25) is 0 Å². The molecule has 0 radical (unpaired) electrons. The molecule has 346 valence electrons. The Morgan fingerprint density at radius 2 is 1.53 bits per heavy atom. The Morgan fingerprint density at radius 1 is 0.818 bits per heavy atom. The van der Waals surface area contributed by atoms with Crippen molar-refractivity contribution < 1.29 is 36.9 Å². The van der Waals surface area contributed by atoms with Crippen LogP contribution in [0, 0.1) is 17.8 Å². The van der Waals surface area contributed by atoms with Crippen LogP contribution in [-0.4, -0.2) is 66.3 Å². The van der Waals surface area contributed by atoms with Gasteiger partial charge in [0.05, 0.1) is 51.4 Å². The van der Waals surface area contributed by atoms with Gasteiger partial charge in [-0.15, -0.1) is 0 Å². The molecule has 2 bridgehead atoms. The molecule has 5 aromatic carbocycles. The van der Waals surface area contributed by atoms with Crippen molar-refractivity contribution in [3.63, 3.8) is 0 Å². The number of alkyl halides is 3. The van der Waals surface area contributed by atoms with E-state index in [1.54, 1.807) is 13.2 Å². The van der Waals surface area contributed by atoms with E-state index in [0.29, 0.717) is 58.0 Å². The summed E-state index contributed by atoms with van der Waals surface area (Å²) in [6.45, 7) is 10.8. The third-order valence-corrected chi connectivity index (χ3v) is 16.1. The highest BCUT2D eigenvalue weighted by molar-refractivity contribution is 6.10. The second-order valence-electron chi connectivity index (χ2n) is 19.5. The molecule has 6 aliphatic rings. The van der Waals surface area contributed by atoms with Gasteiger partial charge in [0.2, 0.25) is 0 Å². The summed E-state index contributed by atoms with van der Waals surface area (Å²) in [6, 6.07) is 26.0. The molecule has 0 amide bonds. The average Bonchev–Trinajstić information content (AvgIpc) is 4.06. The summed E-state index contributed by atoms with van der Waals surface area (Å²) in [7, 11) is 1.71. The van der Waals surface area contributed by atoms with Crippen LogP contribution in [0.5, 0.6) is 17.2 Å². The first-order chi connectivity index (χ1) is 32.1. The Bertz CT molecular complexity index is 2630. The molecule has 2 saturated carbocycles. The summed E-state index contributed by atoms with van der Waals surface area (Å²) in [5.41, 5.74) is 6.59. The van der Waals surface area contributed by atoms with Crippen LogP contribution in [0.1, 0.15) is 98.6 Å². The highest BCUT2D eigenvalue weighted by atomic mass is 19.4. The van der Waals surface area contributed by atoms with Crippen molar-refractivity contribution in [3.05, 3.63) is 118 Å². The Balaban J connectivity index is 1.12. The monoisotopic (exact) mass is 898 g/mol. The maximum Gasteiger partial charge on any atom is 0.416 e. The van der Waals surface area contributed by atoms with Crippen LogP contribution in [0.25, 0.3) is 28.0 Å². The summed E-state index contributed by atoms with van der Waals surface area (Å²) >= 11 is 0. The molecule has 3 aliphatic carbocycles. The fourth-order valence-electron chi connectivity index (χ4n) is 12.7. The number of nitrogens with zero attached hydrogens (tertiary/aromatic N) is 2. The van der Waals surface area contributed by atoms with Crippen LogP contribution in [0.2, 0.25) is 0 Å². The molecular weight excluding hydrogens is 838 g/mol. The van der Waals surface area contributed by atoms with Gasteiger partial charge in [-0.1, -0.05) is 75.9 Å². The second-order valence-corrected chi connectivity index (χ2v) is 19.5. The standard InChI is InChI=1S/C56H61F3N2O5/c1-4-6-7-36(5-2)35-65-43-17-12-39(13-18-43)55(38-10-15-42(16-11-38)60-22-26-63-27-23-60)21-20-45-52-51(46-32-49(61-24-28-64-29-25-61)50(62-3)33-47(46)53(45)66-55)44-19-14-41(56(57,58)59)31-48(44)54(52)34-37-8-9-40(54)30-37/h10-21,31-33,36-37,40H,4-9,22-30,34-35H2,1-3H3. The van der Waals surface area contributed by atoms with Crippen molar-refractivity contribution in [1.29, 1.82) is 0 Å². The lowest BCUT2D eigenvalue weighted by atomic mass is 9.65.